The van der Waals surface area contributed by atoms with Gasteiger partial charge >= 0.3 is 0 Å². The Morgan fingerprint density at radius 1 is 1.35 bits per heavy atom. The van der Waals surface area contributed by atoms with Gasteiger partial charge in [-0.25, -0.2) is 0 Å². The van der Waals surface area contributed by atoms with Crippen molar-refractivity contribution in [3.63, 3.8) is 0 Å². The average molecular weight is 230 g/mol. The lowest BCUT2D eigenvalue weighted by Crippen LogP contribution is -2.05. The van der Waals surface area contributed by atoms with Gasteiger partial charge in [-0.15, -0.1) is 10.2 Å². The number of nitrogens with zero attached hydrogens (tertiary/aromatic N) is 3. The van der Waals surface area contributed by atoms with Crippen LogP contribution in [0.15, 0.2) is 24.5 Å². The maximum Gasteiger partial charge on any atom is 0.163 e. The molecule has 17 heavy (non-hydrogen) atoms. The van der Waals surface area contributed by atoms with Gasteiger partial charge < -0.3 is 10.3 Å². The van der Waals surface area contributed by atoms with Crippen LogP contribution in [0, 0.1) is 12.8 Å². The van der Waals surface area contributed by atoms with Gasteiger partial charge in [0, 0.05) is 17.8 Å². The summed E-state index contributed by atoms with van der Waals surface area (Å²) in [4.78, 5) is 0. The molecule has 0 aliphatic heterocycles. The van der Waals surface area contributed by atoms with Gasteiger partial charge in [-0.3, -0.25) is 0 Å². The molecule has 1 aromatic heterocycles. The first-order chi connectivity index (χ1) is 8.08. The van der Waals surface area contributed by atoms with Crippen molar-refractivity contribution in [3.05, 3.63) is 30.1 Å². The molecule has 0 spiro atoms. The molecule has 1 aromatic carbocycles. The highest BCUT2D eigenvalue weighted by molar-refractivity contribution is 5.62. The molecule has 0 aliphatic rings. The van der Waals surface area contributed by atoms with Crippen molar-refractivity contribution >= 4 is 5.69 Å². The summed E-state index contributed by atoms with van der Waals surface area (Å²) in [5.74, 6) is 1.47. The van der Waals surface area contributed by atoms with Gasteiger partial charge in [0.15, 0.2) is 5.82 Å². The predicted octanol–water partition coefficient (Wildman–Crippen LogP) is 2.49. The van der Waals surface area contributed by atoms with E-state index in [-0.39, 0.29) is 0 Å². The maximum atomic E-state index is 5.82. The Hall–Kier alpha value is -1.84. The molecule has 2 aromatic rings. The summed E-state index contributed by atoms with van der Waals surface area (Å²) in [6.07, 6.45) is 1.78. The summed E-state index contributed by atoms with van der Waals surface area (Å²) in [6.45, 7) is 7.28. The molecule has 0 atom stereocenters. The molecular weight excluding hydrogens is 212 g/mol. The van der Waals surface area contributed by atoms with Gasteiger partial charge in [0.2, 0.25) is 0 Å². The second kappa shape index (κ2) is 4.57. The molecule has 0 aliphatic carbocycles. The zero-order valence-corrected chi connectivity index (χ0v) is 10.5. The molecule has 2 N–H and O–H groups in total. The van der Waals surface area contributed by atoms with E-state index in [0.29, 0.717) is 5.92 Å². The van der Waals surface area contributed by atoms with Gasteiger partial charge in [0.25, 0.3) is 0 Å². The lowest BCUT2D eigenvalue weighted by Gasteiger charge is -2.10. The van der Waals surface area contributed by atoms with Gasteiger partial charge in [0.05, 0.1) is 0 Å². The largest absolute Gasteiger partial charge is 0.399 e. The molecule has 0 saturated carbocycles. The fourth-order valence-corrected chi connectivity index (χ4v) is 1.82. The minimum atomic E-state index is 0.569. The number of rotatable bonds is 3. The number of nitrogen functional groups attached to an aromatic ring is 1. The molecule has 2 rings (SSSR count). The monoisotopic (exact) mass is 230 g/mol. The second-order valence-electron chi connectivity index (χ2n) is 4.77. The first kappa shape index (κ1) is 11.6. The smallest absolute Gasteiger partial charge is 0.163 e. The highest BCUT2D eigenvalue weighted by atomic mass is 15.3. The van der Waals surface area contributed by atoms with Crippen molar-refractivity contribution in [1.29, 1.82) is 0 Å². The van der Waals surface area contributed by atoms with Crippen molar-refractivity contribution in [2.45, 2.75) is 27.3 Å². The highest BCUT2D eigenvalue weighted by Gasteiger charge is 2.09. The van der Waals surface area contributed by atoms with Crippen LogP contribution in [0.25, 0.3) is 11.4 Å². The predicted molar refractivity (Wildman–Crippen MR) is 69.4 cm³/mol. The van der Waals surface area contributed by atoms with Gasteiger partial charge in [-0.05, 0) is 36.6 Å². The van der Waals surface area contributed by atoms with E-state index in [2.05, 4.69) is 34.7 Å². The number of aryl methyl sites for hydroxylation is 1. The van der Waals surface area contributed by atoms with E-state index in [0.717, 1.165) is 29.2 Å². The van der Waals surface area contributed by atoms with Crippen LogP contribution in [-0.2, 0) is 6.54 Å². The Kier molecular flexibility index (Phi) is 3.13. The van der Waals surface area contributed by atoms with Crippen molar-refractivity contribution in [1.82, 2.24) is 14.8 Å². The number of nitrogens with two attached hydrogens (primary N) is 1. The number of hydrogen-bond donors (Lipinski definition) is 1. The third-order valence-electron chi connectivity index (χ3n) is 2.71. The topological polar surface area (TPSA) is 56.7 Å². The van der Waals surface area contributed by atoms with E-state index in [1.165, 1.54) is 0 Å². The Labute approximate surface area is 101 Å². The molecular formula is C13H18N4. The zero-order valence-electron chi connectivity index (χ0n) is 10.5. The fraction of sp³-hybridized carbons (Fsp3) is 0.385. The van der Waals surface area contributed by atoms with Crippen LogP contribution in [0.3, 0.4) is 0 Å². The SMILES string of the molecule is Cc1cc(-c2nncn2CC(C)C)ccc1N. The average Bonchev–Trinajstić information content (AvgIpc) is 2.69. The van der Waals surface area contributed by atoms with E-state index < -0.39 is 0 Å². The quantitative estimate of drug-likeness (QED) is 0.824. The van der Waals surface area contributed by atoms with Crippen molar-refractivity contribution in [2.24, 2.45) is 5.92 Å². The first-order valence-corrected chi connectivity index (χ1v) is 5.82. The van der Waals surface area contributed by atoms with Crippen molar-refractivity contribution < 1.29 is 0 Å². The zero-order chi connectivity index (χ0) is 12.4. The minimum absolute atomic E-state index is 0.569. The Bertz CT molecular complexity index is 514. The van der Waals surface area contributed by atoms with Crippen molar-refractivity contribution in [2.75, 3.05) is 5.73 Å². The van der Waals surface area contributed by atoms with Crippen LogP contribution in [0.1, 0.15) is 19.4 Å². The Balaban J connectivity index is 2.39. The van der Waals surface area contributed by atoms with Gasteiger partial charge in [0.1, 0.15) is 6.33 Å². The van der Waals surface area contributed by atoms with Crippen LogP contribution in [-0.4, -0.2) is 14.8 Å². The summed E-state index contributed by atoms with van der Waals surface area (Å²) < 4.78 is 2.08. The van der Waals surface area contributed by atoms with Crippen LogP contribution >= 0.6 is 0 Å². The molecule has 0 unspecified atom stereocenters. The Morgan fingerprint density at radius 3 is 2.76 bits per heavy atom. The summed E-state index contributed by atoms with van der Waals surface area (Å²) in [5.41, 5.74) is 8.76. The lowest BCUT2D eigenvalue weighted by molar-refractivity contribution is 0.525. The second-order valence-corrected chi connectivity index (χ2v) is 4.77. The third-order valence-corrected chi connectivity index (χ3v) is 2.71. The number of hydrogen-bond acceptors (Lipinski definition) is 3. The standard InChI is InChI=1S/C13H18N4/c1-9(2)7-17-8-15-16-13(17)11-4-5-12(14)10(3)6-11/h4-6,8-9H,7,14H2,1-3H3. The van der Waals surface area contributed by atoms with E-state index >= 15 is 0 Å². The maximum absolute atomic E-state index is 5.82. The molecule has 0 radical (unpaired) electrons. The summed E-state index contributed by atoms with van der Waals surface area (Å²) >= 11 is 0. The van der Waals surface area contributed by atoms with E-state index in [1.54, 1.807) is 6.33 Å². The van der Waals surface area contributed by atoms with E-state index in [1.807, 2.05) is 19.1 Å². The summed E-state index contributed by atoms with van der Waals surface area (Å²) in [6, 6.07) is 5.96. The number of anilines is 1. The van der Waals surface area contributed by atoms with Crippen LogP contribution in [0.2, 0.25) is 0 Å². The molecule has 0 bridgehead atoms. The molecule has 4 nitrogen and oxygen atoms in total. The van der Waals surface area contributed by atoms with Gasteiger partial charge in [-0.2, -0.15) is 0 Å². The summed E-state index contributed by atoms with van der Waals surface area (Å²) in [5, 5.41) is 8.17. The third kappa shape index (κ3) is 2.46. The van der Waals surface area contributed by atoms with E-state index in [4.69, 9.17) is 5.73 Å². The van der Waals surface area contributed by atoms with Crippen LogP contribution in [0.5, 0.6) is 0 Å². The lowest BCUT2D eigenvalue weighted by atomic mass is 10.1. The minimum Gasteiger partial charge on any atom is -0.399 e. The molecule has 1 heterocycles. The molecule has 0 amide bonds. The molecule has 0 fully saturated rings. The van der Waals surface area contributed by atoms with Crippen LogP contribution < -0.4 is 5.73 Å². The first-order valence-electron chi connectivity index (χ1n) is 5.82. The Morgan fingerprint density at radius 2 is 2.12 bits per heavy atom. The molecule has 4 heteroatoms. The normalized spacial score (nSPS) is 11.1. The summed E-state index contributed by atoms with van der Waals surface area (Å²) in [7, 11) is 0. The highest BCUT2D eigenvalue weighted by Crippen LogP contribution is 2.22. The fourth-order valence-electron chi connectivity index (χ4n) is 1.82. The van der Waals surface area contributed by atoms with E-state index in [9.17, 15) is 0 Å². The van der Waals surface area contributed by atoms with Crippen LogP contribution in [0.4, 0.5) is 5.69 Å². The van der Waals surface area contributed by atoms with Gasteiger partial charge in [-0.1, -0.05) is 13.8 Å². The van der Waals surface area contributed by atoms with Crippen molar-refractivity contribution in [3.8, 4) is 11.4 Å². The number of benzene rings is 1. The molecule has 0 saturated heterocycles. The number of aromatic nitrogens is 3. The molecule has 90 valence electrons.